The number of rotatable bonds is 10. The number of nitrogens with zero attached hydrogens (tertiary/aromatic N) is 2. The lowest BCUT2D eigenvalue weighted by atomic mass is 9.89. The standard InChI is InChI=1S/C27H34F3N3O2/c1-32(2)13-11-20(17-26(34)31-18-21-7-4-5-10-25(21)27(28,29)30)23-9-6-8-22-19-33(15-16-35-3)14-12-24(22)23/h4-10,17H,11-16,18-19H2,1-3H3,(H,31,34)/b20-17+. The molecule has 0 spiro atoms. The summed E-state index contributed by atoms with van der Waals surface area (Å²) in [6.45, 7) is 3.85. The molecule has 1 aliphatic heterocycles. The minimum Gasteiger partial charge on any atom is -0.383 e. The highest BCUT2D eigenvalue weighted by Crippen LogP contribution is 2.32. The fourth-order valence-electron chi connectivity index (χ4n) is 4.35. The Morgan fingerprint density at radius 3 is 2.66 bits per heavy atom. The number of hydrogen-bond acceptors (Lipinski definition) is 4. The molecular formula is C27H34F3N3O2. The minimum atomic E-state index is -4.46. The number of hydrogen-bond donors (Lipinski definition) is 1. The van der Waals surface area contributed by atoms with E-state index in [9.17, 15) is 18.0 Å². The van der Waals surface area contributed by atoms with Crippen LogP contribution in [0.1, 0.15) is 34.2 Å². The summed E-state index contributed by atoms with van der Waals surface area (Å²) >= 11 is 0. The molecule has 1 N–H and O–H groups in total. The summed E-state index contributed by atoms with van der Waals surface area (Å²) in [6, 6.07) is 11.5. The number of halogens is 3. The lowest BCUT2D eigenvalue weighted by Gasteiger charge is -2.30. The number of carbonyl (C=O) groups is 1. The summed E-state index contributed by atoms with van der Waals surface area (Å²) in [5.41, 5.74) is 3.72. The second-order valence-corrected chi connectivity index (χ2v) is 9.06. The predicted molar refractivity (Wildman–Crippen MR) is 132 cm³/mol. The zero-order valence-electron chi connectivity index (χ0n) is 20.6. The van der Waals surface area contributed by atoms with E-state index >= 15 is 0 Å². The van der Waals surface area contributed by atoms with E-state index in [0.29, 0.717) is 13.0 Å². The molecule has 0 saturated carbocycles. The normalized spacial score (nSPS) is 14.8. The fraction of sp³-hybridized carbons (Fsp3) is 0.444. The van der Waals surface area contributed by atoms with Crippen molar-refractivity contribution in [2.45, 2.75) is 32.1 Å². The smallest absolute Gasteiger partial charge is 0.383 e. The van der Waals surface area contributed by atoms with Crippen LogP contribution in [0.4, 0.5) is 13.2 Å². The number of amides is 1. The quantitative estimate of drug-likeness (QED) is 0.504. The number of fused-ring (bicyclic) bond motifs is 1. The van der Waals surface area contributed by atoms with Gasteiger partial charge < -0.3 is 15.0 Å². The van der Waals surface area contributed by atoms with Gasteiger partial charge in [-0.15, -0.1) is 0 Å². The number of alkyl halides is 3. The van der Waals surface area contributed by atoms with Gasteiger partial charge in [0.1, 0.15) is 0 Å². The lowest BCUT2D eigenvalue weighted by Crippen LogP contribution is -2.33. The van der Waals surface area contributed by atoms with E-state index in [2.05, 4.69) is 16.3 Å². The highest BCUT2D eigenvalue weighted by atomic mass is 19.4. The van der Waals surface area contributed by atoms with E-state index in [4.69, 9.17) is 4.74 Å². The number of carbonyl (C=O) groups excluding carboxylic acids is 1. The third kappa shape index (κ3) is 7.65. The van der Waals surface area contributed by atoms with E-state index < -0.39 is 17.6 Å². The molecule has 0 aromatic heterocycles. The van der Waals surface area contributed by atoms with Crippen LogP contribution in [-0.2, 0) is 35.2 Å². The maximum atomic E-state index is 13.3. The molecule has 3 rings (SSSR count). The first-order valence-corrected chi connectivity index (χ1v) is 11.8. The van der Waals surface area contributed by atoms with Crippen molar-refractivity contribution in [1.29, 1.82) is 0 Å². The zero-order valence-corrected chi connectivity index (χ0v) is 20.6. The summed E-state index contributed by atoms with van der Waals surface area (Å²) in [4.78, 5) is 17.2. The molecule has 2 aromatic carbocycles. The van der Waals surface area contributed by atoms with Crippen LogP contribution >= 0.6 is 0 Å². The third-order valence-electron chi connectivity index (χ3n) is 6.21. The zero-order chi connectivity index (χ0) is 25.4. The summed E-state index contributed by atoms with van der Waals surface area (Å²) in [6.07, 6.45) is -1.39. The third-order valence-corrected chi connectivity index (χ3v) is 6.21. The van der Waals surface area contributed by atoms with Gasteiger partial charge in [0.15, 0.2) is 0 Å². The topological polar surface area (TPSA) is 44.8 Å². The van der Waals surface area contributed by atoms with E-state index in [0.717, 1.165) is 49.8 Å². The average Bonchev–Trinajstić information content (AvgIpc) is 2.83. The summed E-state index contributed by atoms with van der Waals surface area (Å²) in [5, 5.41) is 2.66. The van der Waals surface area contributed by atoms with E-state index in [1.54, 1.807) is 19.3 Å². The largest absolute Gasteiger partial charge is 0.416 e. The Labute approximate surface area is 205 Å². The molecular weight excluding hydrogens is 455 g/mol. The highest BCUT2D eigenvalue weighted by Gasteiger charge is 2.32. The molecule has 190 valence electrons. The molecule has 35 heavy (non-hydrogen) atoms. The van der Waals surface area contributed by atoms with E-state index in [1.807, 2.05) is 31.1 Å². The average molecular weight is 490 g/mol. The second kappa shape index (κ2) is 12.3. The second-order valence-electron chi connectivity index (χ2n) is 9.06. The SMILES string of the molecule is COCCN1CCc2c(cccc2/C(=C/C(=O)NCc2ccccc2C(F)(F)F)CCN(C)C)C1. The molecule has 0 bridgehead atoms. The van der Waals surface area contributed by atoms with Crippen molar-refractivity contribution in [3.05, 3.63) is 76.4 Å². The van der Waals surface area contributed by atoms with Gasteiger partial charge >= 0.3 is 6.18 Å². The first-order valence-electron chi connectivity index (χ1n) is 11.8. The Balaban J connectivity index is 1.81. The van der Waals surface area contributed by atoms with Gasteiger partial charge in [0.25, 0.3) is 0 Å². The molecule has 8 heteroatoms. The Morgan fingerprint density at radius 1 is 1.17 bits per heavy atom. The van der Waals surface area contributed by atoms with E-state index in [1.165, 1.54) is 23.3 Å². The van der Waals surface area contributed by atoms with Crippen LogP contribution in [0, 0.1) is 0 Å². The van der Waals surface area contributed by atoms with Crippen LogP contribution in [0.25, 0.3) is 5.57 Å². The minimum absolute atomic E-state index is 0.0461. The van der Waals surface area contributed by atoms with Gasteiger partial charge in [-0.2, -0.15) is 13.2 Å². The Kier molecular flexibility index (Phi) is 9.48. The highest BCUT2D eigenvalue weighted by molar-refractivity contribution is 5.95. The molecule has 0 atom stereocenters. The number of methoxy groups -OCH3 is 1. The van der Waals surface area contributed by atoms with Crippen molar-refractivity contribution in [2.24, 2.45) is 0 Å². The van der Waals surface area contributed by atoms with Crippen molar-refractivity contribution < 1.29 is 22.7 Å². The molecule has 1 amide bonds. The molecule has 1 heterocycles. The molecule has 0 aliphatic carbocycles. The van der Waals surface area contributed by atoms with Gasteiger partial charge in [0.2, 0.25) is 5.91 Å². The van der Waals surface area contributed by atoms with Crippen LogP contribution in [0.15, 0.2) is 48.5 Å². The molecule has 2 aromatic rings. The summed E-state index contributed by atoms with van der Waals surface area (Å²) < 4.78 is 45.1. The fourth-order valence-corrected chi connectivity index (χ4v) is 4.35. The van der Waals surface area contributed by atoms with Crippen molar-refractivity contribution >= 4 is 11.5 Å². The lowest BCUT2D eigenvalue weighted by molar-refractivity contribution is -0.138. The predicted octanol–water partition coefficient (Wildman–Crippen LogP) is 4.36. The number of ether oxygens (including phenoxy) is 1. The summed E-state index contributed by atoms with van der Waals surface area (Å²) in [7, 11) is 5.64. The van der Waals surface area contributed by atoms with Gasteiger partial charge in [0, 0.05) is 45.9 Å². The maximum absolute atomic E-state index is 13.3. The number of benzene rings is 2. The van der Waals surface area contributed by atoms with Crippen molar-refractivity contribution in [3.63, 3.8) is 0 Å². The Hall–Kier alpha value is -2.68. The van der Waals surface area contributed by atoms with Crippen LogP contribution in [-0.4, -0.2) is 63.2 Å². The molecule has 0 radical (unpaired) electrons. The molecule has 5 nitrogen and oxygen atoms in total. The monoisotopic (exact) mass is 489 g/mol. The van der Waals surface area contributed by atoms with Crippen LogP contribution < -0.4 is 5.32 Å². The van der Waals surface area contributed by atoms with Crippen LogP contribution in [0.3, 0.4) is 0 Å². The van der Waals surface area contributed by atoms with Crippen molar-refractivity contribution in [2.75, 3.05) is 47.4 Å². The van der Waals surface area contributed by atoms with Gasteiger partial charge in [0.05, 0.1) is 12.2 Å². The Morgan fingerprint density at radius 2 is 1.94 bits per heavy atom. The first-order chi connectivity index (χ1) is 16.7. The van der Waals surface area contributed by atoms with Crippen molar-refractivity contribution in [1.82, 2.24) is 15.1 Å². The van der Waals surface area contributed by atoms with Crippen LogP contribution in [0.2, 0.25) is 0 Å². The van der Waals surface area contributed by atoms with Gasteiger partial charge in [-0.05, 0) is 60.8 Å². The maximum Gasteiger partial charge on any atom is 0.416 e. The van der Waals surface area contributed by atoms with Crippen molar-refractivity contribution in [3.8, 4) is 0 Å². The summed E-state index contributed by atoms with van der Waals surface area (Å²) in [5.74, 6) is -0.397. The first kappa shape index (κ1) is 26.9. The molecule has 0 fully saturated rings. The van der Waals surface area contributed by atoms with Gasteiger partial charge in [-0.3, -0.25) is 9.69 Å². The molecule has 0 saturated heterocycles. The van der Waals surface area contributed by atoms with Gasteiger partial charge in [-0.25, -0.2) is 0 Å². The Bertz CT molecular complexity index is 1030. The number of nitrogens with one attached hydrogen (secondary N) is 1. The van der Waals surface area contributed by atoms with E-state index in [-0.39, 0.29) is 12.1 Å². The molecule has 0 unspecified atom stereocenters. The molecule has 1 aliphatic rings. The van der Waals surface area contributed by atoms with Crippen LogP contribution in [0.5, 0.6) is 0 Å². The van der Waals surface area contributed by atoms with Gasteiger partial charge in [-0.1, -0.05) is 36.4 Å².